The van der Waals surface area contributed by atoms with Crippen molar-refractivity contribution in [2.75, 3.05) is 18.0 Å². The second-order valence-corrected chi connectivity index (χ2v) is 5.68. The number of aromatic nitrogens is 4. The highest BCUT2D eigenvalue weighted by atomic mass is 15.4. The highest BCUT2D eigenvalue weighted by Gasteiger charge is 2.19. The Morgan fingerprint density at radius 2 is 2.00 bits per heavy atom. The van der Waals surface area contributed by atoms with Crippen molar-refractivity contribution in [3.63, 3.8) is 0 Å². The highest BCUT2D eigenvalue weighted by Crippen LogP contribution is 2.27. The summed E-state index contributed by atoms with van der Waals surface area (Å²) in [6.45, 7) is 5.87. The number of benzene rings is 1. The van der Waals surface area contributed by atoms with Gasteiger partial charge in [-0.2, -0.15) is 9.61 Å². The van der Waals surface area contributed by atoms with E-state index in [1.165, 1.54) is 19.3 Å². The molecule has 0 radical (unpaired) electrons. The molecular formula is C16H18N6. The lowest BCUT2D eigenvalue weighted by Crippen LogP contribution is -2.32. The Morgan fingerprint density at radius 3 is 2.77 bits per heavy atom. The van der Waals surface area contributed by atoms with Gasteiger partial charge in [0.05, 0.1) is 5.52 Å². The largest absolute Gasteiger partial charge is 0.399 e. The van der Waals surface area contributed by atoms with Crippen LogP contribution in [0.25, 0.3) is 22.2 Å². The highest BCUT2D eigenvalue weighted by molar-refractivity contribution is 5.98. The number of nitrogens with zero attached hydrogens (tertiary/aromatic N) is 5. The molecule has 0 atom stereocenters. The van der Waals surface area contributed by atoms with E-state index in [-0.39, 0.29) is 0 Å². The zero-order chi connectivity index (χ0) is 15.1. The van der Waals surface area contributed by atoms with Gasteiger partial charge in [-0.25, -0.2) is 9.97 Å². The molecule has 22 heavy (non-hydrogen) atoms. The molecule has 0 aliphatic carbocycles. The molecule has 6 heteroatoms. The predicted molar refractivity (Wildman–Crippen MR) is 87.6 cm³/mol. The van der Waals surface area contributed by atoms with Gasteiger partial charge >= 0.3 is 0 Å². The van der Waals surface area contributed by atoms with Crippen molar-refractivity contribution in [3.8, 4) is 0 Å². The number of hydrogen-bond donors (Lipinski definition) is 1. The van der Waals surface area contributed by atoms with Crippen molar-refractivity contribution in [2.24, 2.45) is 5.73 Å². The molecule has 0 saturated carbocycles. The zero-order valence-corrected chi connectivity index (χ0v) is 12.4. The predicted octanol–water partition coefficient (Wildman–Crippen LogP) is 2.20. The minimum absolute atomic E-state index is 0.520. The molecule has 1 aromatic carbocycles. The van der Waals surface area contributed by atoms with E-state index in [9.17, 15) is 0 Å². The molecule has 0 spiro atoms. The first-order chi connectivity index (χ1) is 10.8. The number of piperidine rings is 1. The molecule has 4 rings (SSSR count). The van der Waals surface area contributed by atoms with Gasteiger partial charge in [-0.15, -0.1) is 0 Å². The number of anilines is 1. The van der Waals surface area contributed by atoms with Gasteiger partial charge in [0, 0.05) is 29.7 Å². The fraction of sp³-hybridized carbons (Fsp3) is 0.312. The molecule has 0 bridgehead atoms. The molecule has 3 heterocycles. The summed E-state index contributed by atoms with van der Waals surface area (Å²) in [7, 11) is 0. The van der Waals surface area contributed by atoms with Gasteiger partial charge in [0.25, 0.3) is 0 Å². The van der Waals surface area contributed by atoms with E-state index in [1.54, 1.807) is 6.33 Å². The Kier molecular flexibility index (Phi) is 2.96. The van der Waals surface area contributed by atoms with Gasteiger partial charge in [0.2, 0.25) is 5.95 Å². The molecule has 1 aliphatic heterocycles. The van der Waals surface area contributed by atoms with Crippen LogP contribution < -0.4 is 10.6 Å². The van der Waals surface area contributed by atoms with E-state index in [2.05, 4.69) is 21.6 Å². The van der Waals surface area contributed by atoms with Crippen molar-refractivity contribution >= 4 is 28.2 Å². The van der Waals surface area contributed by atoms with Crippen LogP contribution in [0, 0.1) is 0 Å². The lowest BCUT2D eigenvalue weighted by atomic mass is 10.1. The topological polar surface area (TPSA) is 72.3 Å². The molecule has 0 amide bonds. The summed E-state index contributed by atoms with van der Waals surface area (Å²) in [5.74, 6) is 0.841. The molecule has 2 N–H and O–H groups in total. The van der Waals surface area contributed by atoms with E-state index in [4.69, 9.17) is 10.7 Å². The quantitative estimate of drug-likeness (QED) is 0.784. The molecule has 1 saturated heterocycles. The van der Waals surface area contributed by atoms with E-state index < -0.39 is 0 Å². The van der Waals surface area contributed by atoms with Crippen LogP contribution in [0.4, 0.5) is 5.95 Å². The van der Waals surface area contributed by atoms with Crippen LogP contribution in [0.1, 0.15) is 24.8 Å². The summed E-state index contributed by atoms with van der Waals surface area (Å²) in [5.41, 5.74) is 8.98. The molecule has 2 aromatic heterocycles. The Bertz CT molecular complexity index is 860. The van der Waals surface area contributed by atoms with Crippen LogP contribution in [-0.4, -0.2) is 32.7 Å². The lowest BCUT2D eigenvalue weighted by molar-refractivity contribution is 0.563. The summed E-state index contributed by atoms with van der Waals surface area (Å²) >= 11 is 0. The molecule has 1 aliphatic rings. The van der Waals surface area contributed by atoms with Gasteiger partial charge in [0.15, 0.2) is 5.65 Å². The van der Waals surface area contributed by atoms with Crippen molar-refractivity contribution in [3.05, 3.63) is 36.7 Å². The minimum Gasteiger partial charge on any atom is -0.399 e. The van der Waals surface area contributed by atoms with Crippen molar-refractivity contribution in [1.29, 1.82) is 0 Å². The summed E-state index contributed by atoms with van der Waals surface area (Å²) in [6.07, 6.45) is 5.21. The Hall–Kier alpha value is -2.63. The number of fused-ring (bicyclic) bond motifs is 3. The third-order valence-electron chi connectivity index (χ3n) is 4.21. The molecule has 1 fully saturated rings. The molecule has 0 unspecified atom stereocenters. The lowest BCUT2D eigenvalue weighted by Gasteiger charge is -2.28. The van der Waals surface area contributed by atoms with Crippen LogP contribution >= 0.6 is 0 Å². The van der Waals surface area contributed by atoms with Gasteiger partial charge in [-0.05, 0) is 25.3 Å². The van der Waals surface area contributed by atoms with E-state index in [0.29, 0.717) is 5.70 Å². The van der Waals surface area contributed by atoms with Gasteiger partial charge in [0.1, 0.15) is 6.33 Å². The Labute approximate surface area is 128 Å². The van der Waals surface area contributed by atoms with Crippen molar-refractivity contribution < 1.29 is 0 Å². The summed E-state index contributed by atoms with van der Waals surface area (Å²) in [4.78, 5) is 11.6. The number of hydrogen-bond acceptors (Lipinski definition) is 5. The first kappa shape index (κ1) is 13.1. The maximum Gasteiger partial charge on any atom is 0.229 e. The SMILES string of the molecule is C=C(N)c1cccc2c1nc(N1CCCCC1)n1ncnc21. The summed E-state index contributed by atoms with van der Waals surface area (Å²) in [6, 6.07) is 5.90. The minimum atomic E-state index is 0.520. The number of para-hydroxylation sites is 1. The zero-order valence-electron chi connectivity index (χ0n) is 12.4. The second kappa shape index (κ2) is 4.98. The monoisotopic (exact) mass is 294 g/mol. The van der Waals surface area contributed by atoms with Crippen molar-refractivity contribution in [1.82, 2.24) is 19.6 Å². The maximum absolute atomic E-state index is 5.94. The van der Waals surface area contributed by atoms with E-state index in [0.717, 1.165) is 41.2 Å². The third-order valence-corrected chi connectivity index (χ3v) is 4.21. The standard InChI is InChI=1S/C16H18N6/c1-11(17)12-6-5-7-13-14(12)20-16(21-8-3-2-4-9-21)22-15(13)18-10-19-22/h5-7,10H,1-4,8-9,17H2. The summed E-state index contributed by atoms with van der Waals surface area (Å²) < 4.78 is 1.83. The molecule has 3 aromatic rings. The van der Waals surface area contributed by atoms with Crippen LogP contribution in [0.5, 0.6) is 0 Å². The van der Waals surface area contributed by atoms with E-state index in [1.807, 2.05) is 22.7 Å². The van der Waals surface area contributed by atoms with E-state index >= 15 is 0 Å². The Morgan fingerprint density at radius 1 is 1.18 bits per heavy atom. The molecule has 112 valence electrons. The van der Waals surface area contributed by atoms with Crippen LogP contribution in [0.2, 0.25) is 0 Å². The normalized spacial score (nSPS) is 15.5. The van der Waals surface area contributed by atoms with Crippen molar-refractivity contribution in [2.45, 2.75) is 19.3 Å². The number of nitrogens with two attached hydrogens (primary N) is 1. The fourth-order valence-electron chi connectivity index (χ4n) is 3.12. The Balaban J connectivity index is 2.03. The molecule has 6 nitrogen and oxygen atoms in total. The third kappa shape index (κ3) is 1.91. The first-order valence-electron chi connectivity index (χ1n) is 7.58. The second-order valence-electron chi connectivity index (χ2n) is 5.68. The maximum atomic E-state index is 5.94. The van der Waals surface area contributed by atoms with Crippen LogP contribution in [-0.2, 0) is 0 Å². The number of rotatable bonds is 2. The van der Waals surface area contributed by atoms with Crippen LogP contribution in [0.3, 0.4) is 0 Å². The average Bonchev–Trinajstić information content (AvgIpc) is 3.04. The van der Waals surface area contributed by atoms with Gasteiger partial charge in [-0.1, -0.05) is 18.7 Å². The van der Waals surface area contributed by atoms with Gasteiger partial charge < -0.3 is 10.6 Å². The van der Waals surface area contributed by atoms with Gasteiger partial charge in [-0.3, -0.25) is 0 Å². The average molecular weight is 294 g/mol. The smallest absolute Gasteiger partial charge is 0.229 e. The van der Waals surface area contributed by atoms with Crippen LogP contribution in [0.15, 0.2) is 31.1 Å². The molecular weight excluding hydrogens is 276 g/mol. The summed E-state index contributed by atoms with van der Waals surface area (Å²) in [5, 5.41) is 5.31. The fourth-order valence-corrected chi connectivity index (χ4v) is 3.12. The first-order valence-corrected chi connectivity index (χ1v) is 7.58.